The first-order chi connectivity index (χ1) is 13.8. The highest BCUT2D eigenvalue weighted by Gasteiger charge is 2.24. The van der Waals surface area contributed by atoms with Crippen LogP contribution in [0.4, 0.5) is 0 Å². The Morgan fingerprint density at radius 3 is 2.68 bits per heavy atom. The average Bonchev–Trinajstić information content (AvgIpc) is 3.18. The molecule has 5 nitrogen and oxygen atoms in total. The molecule has 5 heteroatoms. The van der Waals surface area contributed by atoms with Crippen LogP contribution in [0.1, 0.15) is 45.1 Å². The molecule has 0 saturated carbocycles. The van der Waals surface area contributed by atoms with E-state index in [1.807, 2.05) is 0 Å². The first-order valence-electron chi connectivity index (χ1n) is 11.3. The summed E-state index contributed by atoms with van der Waals surface area (Å²) in [6.45, 7) is 13.1. The number of nitrogens with one attached hydrogen (secondary N) is 2. The van der Waals surface area contributed by atoms with Gasteiger partial charge in [-0.1, -0.05) is 37.3 Å². The van der Waals surface area contributed by atoms with Crippen molar-refractivity contribution >= 4 is 5.96 Å². The van der Waals surface area contributed by atoms with E-state index in [-0.39, 0.29) is 0 Å². The van der Waals surface area contributed by atoms with Crippen LogP contribution in [0.5, 0.6) is 0 Å². The maximum Gasteiger partial charge on any atom is 0.191 e. The Morgan fingerprint density at radius 2 is 1.89 bits per heavy atom. The number of rotatable bonds is 8. The molecule has 2 aliphatic heterocycles. The summed E-state index contributed by atoms with van der Waals surface area (Å²) in [5.74, 6) is 1.69. The molecule has 2 fully saturated rings. The van der Waals surface area contributed by atoms with E-state index < -0.39 is 0 Å². The van der Waals surface area contributed by atoms with Crippen molar-refractivity contribution in [1.82, 2.24) is 20.4 Å². The van der Waals surface area contributed by atoms with E-state index >= 15 is 0 Å². The molecule has 2 unspecified atom stereocenters. The van der Waals surface area contributed by atoms with Crippen molar-refractivity contribution in [3.63, 3.8) is 0 Å². The molecule has 2 aliphatic rings. The molecule has 3 rings (SSSR count). The van der Waals surface area contributed by atoms with Crippen LogP contribution >= 0.6 is 0 Å². The zero-order chi connectivity index (χ0) is 19.6. The van der Waals surface area contributed by atoms with Gasteiger partial charge in [0.05, 0.1) is 0 Å². The molecule has 0 bridgehead atoms. The van der Waals surface area contributed by atoms with Gasteiger partial charge in [-0.25, -0.2) is 0 Å². The third-order valence-electron chi connectivity index (χ3n) is 6.13. The van der Waals surface area contributed by atoms with E-state index in [4.69, 9.17) is 4.99 Å². The second kappa shape index (κ2) is 11.4. The molecule has 0 radical (unpaired) electrons. The quantitative estimate of drug-likeness (QED) is 0.533. The van der Waals surface area contributed by atoms with Gasteiger partial charge in [0.25, 0.3) is 0 Å². The molecular weight excluding hydrogens is 346 g/mol. The molecule has 1 aromatic rings. The van der Waals surface area contributed by atoms with Crippen LogP contribution in [-0.2, 0) is 6.54 Å². The Morgan fingerprint density at radius 1 is 1.07 bits per heavy atom. The van der Waals surface area contributed by atoms with Crippen molar-refractivity contribution in [2.45, 2.75) is 52.1 Å². The van der Waals surface area contributed by atoms with Crippen LogP contribution in [-0.4, -0.2) is 67.6 Å². The summed E-state index contributed by atoms with van der Waals surface area (Å²) in [5.41, 5.74) is 1.41. The number of benzene rings is 1. The number of piperidine rings is 1. The lowest BCUT2D eigenvalue weighted by Gasteiger charge is -2.31. The Labute approximate surface area is 171 Å². The van der Waals surface area contributed by atoms with Gasteiger partial charge in [-0.2, -0.15) is 0 Å². The Kier molecular flexibility index (Phi) is 8.62. The summed E-state index contributed by atoms with van der Waals surface area (Å²) in [4.78, 5) is 10.1. The number of hydrogen-bond acceptors (Lipinski definition) is 3. The lowest BCUT2D eigenvalue weighted by Crippen LogP contribution is -2.45. The molecule has 1 aromatic carbocycles. The van der Waals surface area contributed by atoms with E-state index in [9.17, 15) is 0 Å². The summed E-state index contributed by atoms with van der Waals surface area (Å²) >= 11 is 0. The number of nitrogens with zero attached hydrogens (tertiary/aromatic N) is 3. The molecule has 2 N–H and O–H groups in total. The van der Waals surface area contributed by atoms with Crippen molar-refractivity contribution in [3.8, 4) is 0 Å². The smallest absolute Gasteiger partial charge is 0.191 e. The number of aliphatic imine (C=N–C) groups is 1. The predicted octanol–water partition coefficient (Wildman–Crippen LogP) is 2.94. The van der Waals surface area contributed by atoms with Gasteiger partial charge in [0.1, 0.15) is 0 Å². The Hall–Kier alpha value is -1.59. The lowest BCUT2D eigenvalue weighted by atomic mass is 9.98. The maximum atomic E-state index is 4.93. The maximum absolute atomic E-state index is 4.93. The summed E-state index contributed by atoms with van der Waals surface area (Å²) in [5, 5.41) is 7.07. The fourth-order valence-corrected chi connectivity index (χ4v) is 4.52. The van der Waals surface area contributed by atoms with Crippen molar-refractivity contribution < 1.29 is 0 Å². The molecule has 0 spiro atoms. The predicted molar refractivity (Wildman–Crippen MR) is 119 cm³/mol. The third kappa shape index (κ3) is 6.49. The molecule has 2 atom stereocenters. The number of likely N-dealkylation sites (tertiary alicyclic amines) is 2. The van der Waals surface area contributed by atoms with Gasteiger partial charge in [-0.3, -0.25) is 9.89 Å². The zero-order valence-corrected chi connectivity index (χ0v) is 17.9. The largest absolute Gasteiger partial charge is 0.357 e. The van der Waals surface area contributed by atoms with Gasteiger partial charge >= 0.3 is 0 Å². The van der Waals surface area contributed by atoms with E-state index in [1.54, 1.807) is 0 Å². The standard InChI is InChI=1S/C23H39N5/c1-3-24-23(25-16-21-12-8-14-27(4-2)18-21)26-17-22-13-9-15-28(22)19-20-10-6-5-7-11-20/h5-7,10-11,21-22H,3-4,8-9,12-19H2,1-2H3,(H2,24,25,26). The van der Waals surface area contributed by atoms with E-state index in [1.165, 1.54) is 50.9 Å². The van der Waals surface area contributed by atoms with Crippen LogP contribution in [0.3, 0.4) is 0 Å². The van der Waals surface area contributed by atoms with Crippen molar-refractivity contribution in [1.29, 1.82) is 0 Å². The third-order valence-corrected chi connectivity index (χ3v) is 6.13. The van der Waals surface area contributed by atoms with Gasteiger partial charge in [0.15, 0.2) is 5.96 Å². The number of guanidine groups is 1. The second-order valence-electron chi connectivity index (χ2n) is 8.25. The first-order valence-corrected chi connectivity index (χ1v) is 11.3. The van der Waals surface area contributed by atoms with Gasteiger partial charge in [-0.15, -0.1) is 0 Å². The van der Waals surface area contributed by atoms with E-state index in [0.29, 0.717) is 12.0 Å². The van der Waals surface area contributed by atoms with E-state index in [2.05, 4.69) is 64.6 Å². The minimum Gasteiger partial charge on any atom is -0.357 e. The zero-order valence-electron chi connectivity index (χ0n) is 17.9. The SMILES string of the molecule is CCNC(=NCC1CCCN(CC)C1)NCC1CCCN1Cc1ccccc1. The molecule has 2 saturated heterocycles. The van der Waals surface area contributed by atoms with Crippen LogP contribution < -0.4 is 10.6 Å². The lowest BCUT2D eigenvalue weighted by molar-refractivity contribution is 0.186. The van der Waals surface area contributed by atoms with Gasteiger partial charge in [0.2, 0.25) is 0 Å². The summed E-state index contributed by atoms with van der Waals surface area (Å²) in [6.07, 6.45) is 5.19. The van der Waals surface area contributed by atoms with Crippen LogP contribution in [0.25, 0.3) is 0 Å². The molecule has 28 heavy (non-hydrogen) atoms. The van der Waals surface area contributed by atoms with Gasteiger partial charge in [0, 0.05) is 38.8 Å². The molecule has 0 amide bonds. The highest BCUT2D eigenvalue weighted by atomic mass is 15.2. The topological polar surface area (TPSA) is 42.9 Å². The van der Waals surface area contributed by atoms with Gasteiger partial charge in [-0.05, 0) is 63.7 Å². The number of hydrogen-bond donors (Lipinski definition) is 2. The summed E-state index contributed by atoms with van der Waals surface area (Å²) < 4.78 is 0. The fourth-order valence-electron chi connectivity index (χ4n) is 4.52. The van der Waals surface area contributed by atoms with E-state index in [0.717, 1.165) is 38.7 Å². The first kappa shape index (κ1) is 21.1. The Bertz CT molecular complexity index is 588. The monoisotopic (exact) mass is 385 g/mol. The molecule has 0 aliphatic carbocycles. The van der Waals surface area contributed by atoms with Crippen molar-refractivity contribution in [2.75, 3.05) is 45.8 Å². The van der Waals surface area contributed by atoms with Crippen LogP contribution in [0.15, 0.2) is 35.3 Å². The highest BCUT2D eigenvalue weighted by molar-refractivity contribution is 5.79. The molecular formula is C23H39N5. The molecule has 156 valence electrons. The minimum atomic E-state index is 0.592. The van der Waals surface area contributed by atoms with Crippen LogP contribution in [0.2, 0.25) is 0 Å². The van der Waals surface area contributed by atoms with Crippen LogP contribution in [0, 0.1) is 5.92 Å². The van der Waals surface area contributed by atoms with Crippen molar-refractivity contribution in [3.05, 3.63) is 35.9 Å². The van der Waals surface area contributed by atoms with Crippen molar-refractivity contribution in [2.24, 2.45) is 10.9 Å². The Balaban J connectivity index is 1.49. The summed E-state index contributed by atoms with van der Waals surface area (Å²) in [6, 6.07) is 11.4. The minimum absolute atomic E-state index is 0.592. The average molecular weight is 386 g/mol. The molecule has 2 heterocycles. The second-order valence-corrected chi connectivity index (χ2v) is 8.25. The normalized spacial score (nSPS) is 24.4. The fraction of sp³-hybridized carbons (Fsp3) is 0.696. The molecule has 0 aromatic heterocycles. The summed E-state index contributed by atoms with van der Waals surface area (Å²) in [7, 11) is 0. The van der Waals surface area contributed by atoms with Gasteiger partial charge < -0.3 is 15.5 Å². The highest BCUT2D eigenvalue weighted by Crippen LogP contribution is 2.19.